The van der Waals surface area contributed by atoms with Crippen molar-refractivity contribution >= 4 is 35.0 Å². The van der Waals surface area contributed by atoms with Gasteiger partial charge in [0.2, 0.25) is 17.7 Å². The molecular formula is C47H56N6O5. The van der Waals surface area contributed by atoms with Crippen molar-refractivity contribution in [2.24, 2.45) is 34.6 Å². The van der Waals surface area contributed by atoms with Crippen LogP contribution in [0.4, 0.5) is 0 Å². The van der Waals surface area contributed by atoms with E-state index in [9.17, 15) is 19.2 Å². The molecule has 2 saturated heterocycles. The first-order valence-corrected chi connectivity index (χ1v) is 21.5. The van der Waals surface area contributed by atoms with Crippen molar-refractivity contribution in [2.75, 3.05) is 7.11 Å². The van der Waals surface area contributed by atoms with Crippen LogP contribution < -0.4 is 5.32 Å². The molecule has 304 valence electrons. The summed E-state index contributed by atoms with van der Waals surface area (Å²) in [5, 5.41) is 2.89. The topological polar surface area (TPSA) is 137 Å². The van der Waals surface area contributed by atoms with Crippen molar-refractivity contribution in [3.63, 3.8) is 0 Å². The molecule has 9 rings (SSSR count). The number of H-pyrrole nitrogens is 1. The molecule has 0 spiro atoms. The lowest BCUT2D eigenvalue weighted by Gasteiger charge is -2.32. The number of hydrogen-bond donors (Lipinski definition) is 2. The molecular weight excluding hydrogens is 729 g/mol. The number of aromatic nitrogens is 2. The summed E-state index contributed by atoms with van der Waals surface area (Å²) in [6.07, 6.45) is 11.8. The first-order valence-electron chi connectivity index (χ1n) is 21.5. The number of carbonyl (C=O) groups is 4. The molecule has 3 aromatic rings. The Hall–Kier alpha value is -5.06. The van der Waals surface area contributed by atoms with Crippen LogP contribution in [0.2, 0.25) is 0 Å². The number of imidazole rings is 1. The average molecular weight is 785 g/mol. The van der Waals surface area contributed by atoms with Crippen LogP contribution in [0.25, 0.3) is 28.0 Å². The van der Waals surface area contributed by atoms with Crippen LogP contribution in [0.15, 0.2) is 53.8 Å². The molecule has 0 bridgehead atoms. The lowest BCUT2D eigenvalue weighted by atomic mass is 9.88. The lowest BCUT2D eigenvalue weighted by Crippen LogP contribution is -2.51. The second-order valence-corrected chi connectivity index (χ2v) is 18.4. The summed E-state index contributed by atoms with van der Waals surface area (Å²) in [6, 6.07) is 13.0. The van der Waals surface area contributed by atoms with Crippen molar-refractivity contribution in [3.05, 3.63) is 71.3 Å². The second-order valence-electron chi connectivity index (χ2n) is 18.4. The van der Waals surface area contributed by atoms with Gasteiger partial charge >= 0.3 is 5.97 Å². The van der Waals surface area contributed by atoms with Crippen LogP contribution >= 0.6 is 0 Å². The SMILES string of the molecule is COC(=O)C[C@H](C(=O)N1[C@@H]2C[C@@H]2C[C@H]1C1=NC=C(c2ccc(-c3ccc(-c4cnc([C@@H]5C[C@H]6C[C@H]6N5C(=O)[C@@H](NC(C)=O)C(C)C)[nH]4)cc3)c3c2CCC3)C1)C(C)C. The number of allylic oxidation sites excluding steroid dienone is 1. The molecule has 11 heteroatoms. The maximum atomic E-state index is 14.0. The van der Waals surface area contributed by atoms with Gasteiger partial charge in [-0.15, -0.1) is 0 Å². The Morgan fingerprint density at radius 2 is 1.47 bits per heavy atom. The van der Waals surface area contributed by atoms with Gasteiger partial charge in [-0.25, -0.2) is 4.98 Å². The molecule has 3 aliphatic heterocycles. The van der Waals surface area contributed by atoms with Crippen LogP contribution in [-0.4, -0.2) is 80.4 Å². The van der Waals surface area contributed by atoms with E-state index in [1.807, 2.05) is 45.0 Å². The molecule has 11 nitrogen and oxygen atoms in total. The number of aliphatic imine (C=N–C) groups is 1. The Morgan fingerprint density at radius 1 is 0.828 bits per heavy atom. The molecule has 0 unspecified atom stereocenters. The Labute approximate surface area is 341 Å². The number of nitrogens with zero attached hydrogens (tertiary/aromatic N) is 4. The minimum Gasteiger partial charge on any atom is -0.469 e. The standard InChI is InChI=1S/C47H56N6O5/c1-24(2)36(21-43(55)58-6)46(56)52-39-17-29(39)19-41(52)37-16-31(22-48-37)33-15-14-32(34-8-7-9-35(33)34)27-10-12-28(13-11-27)38-23-49-45(51-38)42-20-30-18-40(30)53(42)47(57)44(25(3)4)50-26(5)54/h10-15,22-25,29-30,36,39-42,44H,7-9,16-21H2,1-6H3,(H,49,51)(H,50,54)/t29-,30-,36+,39-,40-,41+,42+,44+/m1/s1. The summed E-state index contributed by atoms with van der Waals surface area (Å²) in [5.74, 6) is 0.969. The van der Waals surface area contributed by atoms with Crippen LogP contribution in [0.1, 0.15) is 108 Å². The summed E-state index contributed by atoms with van der Waals surface area (Å²) in [5.41, 5.74) is 10.8. The predicted molar refractivity (Wildman–Crippen MR) is 222 cm³/mol. The monoisotopic (exact) mass is 784 g/mol. The molecule has 8 atom stereocenters. The molecule has 4 heterocycles. The third-order valence-electron chi connectivity index (χ3n) is 13.9. The van der Waals surface area contributed by atoms with E-state index < -0.39 is 12.0 Å². The highest BCUT2D eigenvalue weighted by atomic mass is 16.5. The number of carbonyl (C=O) groups excluding carboxylic acids is 4. The minimum atomic E-state index is -0.549. The van der Waals surface area contributed by atoms with Gasteiger partial charge in [0.25, 0.3) is 0 Å². The molecule has 3 aliphatic carbocycles. The zero-order chi connectivity index (χ0) is 40.6. The minimum absolute atomic E-state index is 0.0126. The number of rotatable bonds is 12. The van der Waals surface area contributed by atoms with E-state index in [1.165, 1.54) is 47.4 Å². The summed E-state index contributed by atoms with van der Waals surface area (Å²) >= 11 is 0. The maximum absolute atomic E-state index is 14.0. The molecule has 4 fully saturated rings. The molecule has 3 amide bonds. The van der Waals surface area contributed by atoms with Gasteiger partial charge in [0.15, 0.2) is 0 Å². The van der Waals surface area contributed by atoms with Gasteiger partial charge in [0.05, 0.1) is 43.4 Å². The third-order valence-corrected chi connectivity index (χ3v) is 13.9. The van der Waals surface area contributed by atoms with Gasteiger partial charge in [-0.2, -0.15) is 0 Å². The summed E-state index contributed by atoms with van der Waals surface area (Å²) in [7, 11) is 1.39. The van der Waals surface area contributed by atoms with E-state index >= 15 is 0 Å². The van der Waals surface area contributed by atoms with Crippen LogP contribution in [0, 0.1) is 29.6 Å². The van der Waals surface area contributed by atoms with Crippen molar-refractivity contribution in [2.45, 2.75) is 123 Å². The first kappa shape index (κ1) is 38.5. The number of methoxy groups -OCH3 is 1. The van der Waals surface area contributed by atoms with Gasteiger partial charge in [-0.3, -0.25) is 24.2 Å². The average Bonchev–Trinajstić information content (AvgIpc) is 3.69. The number of fused-ring (bicyclic) bond motifs is 3. The fourth-order valence-electron chi connectivity index (χ4n) is 10.6. The predicted octanol–water partition coefficient (Wildman–Crippen LogP) is 7.07. The van der Waals surface area contributed by atoms with Gasteiger partial charge in [0, 0.05) is 37.3 Å². The number of esters is 1. The van der Waals surface area contributed by atoms with E-state index in [4.69, 9.17) is 14.7 Å². The Kier molecular flexibility index (Phi) is 9.91. The quantitative estimate of drug-likeness (QED) is 0.189. The Balaban J connectivity index is 0.891. The van der Waals surface area contributed by atoms with E-state index in [2.05, 4.69) is 51.6 Å². The van der Waals surface area contributed by atoms with Crippen molar-refractivity contribution < 1.29 is 23.9 Å². The highest BCUT2D eigenvalue weighted by molar-refractivity contribution is 6.04. The number of amides is 3. The molecule has 2 N–H and O–H groups in total. The summed E-state index contributed by atoms with van der Waals surface area (Å²) < 4.78 is 4.95. The molecule has 0 radical (unpaired) electrons. The van der Waals surface area contributed by atoms with Crippen molar-refractivity contribution in [1.82, 2.24) is 25.1 Å². The van der Waals surface area contributed by atoms with E-state index in [-0.39, 0.29) is 66.1 Å². The van der Waals surface area contributed by atoms with Crippen LogP contribution in [0.5, 0.6) is 0 Å². The Morgan fingerprint density at radius 3 is 2.12 bits per heavy atom. The molecule has 6 aliphatic rings. The van der Waals surface area contributed by atoms with E-state index in [0.717, 1.165) is 74.2 Å². The smallest absolute Gasteiger partial charge is 0.306 e. The number of ether oxygens (including phenoxy) is 1. The second kappa shape index (κ2) is 15.0. The zero-order valence-corrected chi connectivity index (χ0v) is 34.6. The zero-order valence-electron chi connectivity index (χ0n) is 34.6. The lowest BCUT2D eigenvalue weighted by molar-refractivity contribution is -0.148. The number of nitrogens with one attached hydrogen (secondary N) is 2. The fourth-order valence-corrected chi connectivity index (χ4v) is 10.6. The molecule has 58 heavy (non-hydrogen) atoms. The molecule has 1 aromatic heterocycles. The largest absolute Gasteiger partial charge is 0.469 e. The highest BCUT2D eigenvalue weighted by Crippen LogP contribution is 2.54. The number of aromatic amines is 1. The Bertz CT molecular complexity index is 2220. The molecule has 2 saturated carbocycles. The van der Waals surface area contributed by atoms with Crippen LogP contribution in [0.3, 0.4) is 0 Å². The van der Waals surface area contributed by atoms with Gasteiger partial charge in [0.1, 0.15) is 11.9 Å². The van der Waals surface area contributed by atoms with E-state index in [1.54, 1.807) is 0 Å². The number of benzene rings is 2. The number of likely N-dealkylation sites (tertiary alicyclic amines) is 2. The van der Waals surface area contributed by atoms with Crippen LogP contribution in [-0.2, 0) is 36.8 Å². The normalized spacial score (nSPS) is 26.2. The van der Waals surface area contributed by atoms with Crippen molar-refractivity contribution in [1.29, 1.82) is 0 Å². The summed E-state index contributed by atoms with van der Waals surface area (Å²) in [4.78, 5) is 69.4. The van der Waals surface area contributed by atoms with Gasteiger partial charge in [-0.05, 0) is 108 Å². The maximum Gasteiger partial charge on any atom is 0.306 e. The van der Waals surface area contributed by atoms with E-state index in [0.29, 0.717) is 11.8 Å². The molecule has 2 aromatic carbocycles. The fraction of sp³-hybridized carbons (Fsp3) is 0.532. The van der Waals surface area contributed by atoms with Gasteiger partial charge in [-0.1, -0.05) is 64.1 Å². The first-order chi connectivity index (χ1) is 27.9. The summed E-state index contributed by atoms with van der Waals surface area (Å²) in [6.45, 7) is 9.44. The van der Waals surface area contributed by atoms with Crippen molar-refractivity contribution in [3.8, 4) is 22.4 Å². The van der Waals surface area contributed by atoms with Gasteiger partial charge < -0.3 is 24.8 Å². The number of piperidine rings is 2. The number of hydrogen-bond acceptors (Lipinski definition) is 7. The third kappa shape index (κ3) is 6.87. The highest BCUT2D eigenvalue weighted by Gasteiger charge is 2.57.